The zero-order valence-electron chi connectivity index (χ0n) is 12.0. The zero-order valence-corrected chi connectivity index (χ0v) is 12.0. The first-order valence-corrected chi connectivity index (χ1v) is 6.79. The number of nitrogens with one attached hydrogen (secondary N) is 2. The Morgan fingerprint density at radius 3 is 2.60 bits per heavy atom. The fourth-order valence-electron chi connectivity index (χ4n) is 1.78. The lowest BCUT2D eigenvalue weighted by Crippen LogP contribution is -2.17. The van der Waals surface area contributed by atoms with Gasteiger partial charge in [-0.3, -0.25) is 0 Å². The van der Waals surface area contributed by atoms with E-state index in [1.807, 2.05) is 45.0 Å². The van der Waals surface area contributed by atoms with Gasteiger partial charge in [0.2, 0.25) is 5.89 Å². The van der Waals surface area contributed by atoms with Gasteiger partial charge in [0.25, 0.3) is 0 Å². The Hall–Kier alpha value is -2.08. The van der Waals surface area contributed by atoms with Gasteiger partial charge in [0.1, 0.15) is 5.75 Å². The summed E-state index contributed by atoms with van der Waals surface area (Å²) >= 11 is 0. The Labute approximate surface area is 118 Å². The summed E-state index contributed by atoms with van der Waals surface area (Å²) in [7, 11) is 0. The number of rotatable bonds is 7. The first-order chi connectivity index (χ1) is 9.72. The maximum atomic E-state index is 5.55. The zero-order chi connectivity index (χ0) is 14.4. The van der Waals surface area contributed by atoms with Crippen molar-refractivity contribution in [2.24, 2.45) is 0 Å². The summed E-state index contributed by atoms with van der Waals surface area (Å²) in [5.41, 5.74) is 0.875. The highest BCUT2D eigenvalue weighted by Crippen LogP contribution is 2.20. The van der Waals surface area contributed by atoms with Crippen LogP contribution >= 0.6 is 0 Å². The van der Waals surface area contributed by atoms with Crippen molar-refractivity contribution in [2.45, 2.75) is 26.8 Å². The third-order valence-corrected chi connectivity index (χ3v) is 2.74. The average Bonchev–Trinajstić information content (AvgIpc) is 2.90. The van der Waals surface area contributed by atoms with E-state index >= 15 is 0 Å². The molecule has 0 saturated carbocycles. The van der Waals surface area contributed by atoms with Crippen LogP contribution in [0.1, 0.15) is 32.7 Å². The maximum absolute atomic E-state index is 5.55. The highest BCUT2D eigenvalue weighted by Gasteiger charge is 2.12. The molecule has 108 valence electrons. The van der Waals surface area contributed by atoms with E-state index in [9.17, 15) is 0 Å². The second-order valence-corrected chi connectivity index (χ2v) is 4.31. The van der Waals surface area contributed by atoms with E-state index in [1.54, 1.807) is 0 Å². The minimum absolute atomic E-state index is 0.0448. The molecule has 0 aliphatic rings. The molecule has 6 heteroatoms. The van der Waals surface area contributed by atoms with E-state index in [4.69, 9.17) is 9.15 Å². The predicted molar refractivity (Wildman–Crippen MR) is 77.3 cm³/mol. The van der Waals surface area contributed by atoms with Gasteiger partial charge >= 0.3 is 6.01 Å². The molecule has 1 atom stereocenters. The summed E-state index contributed by atoms with van der Waals surface area (Å²) in [5, 5.41) is 14.3. The number of nitrogens with zero attached hydrogens (tertiary/aromatic N) is 2. The van der Waals surface area contributed by atoms with Gasteiger partial charge in [-0.1, -0.05) is 12.0 Å². The van der Waals surface area contributed by atoms with Crippen LogP contribution in [0.15, 0.2) is 28.7 Å². The first-order valence-electron chi connectivity index (χ1n) is 6.79. The van der Waals surface area contributed by atoms with Crippen LogP contribution in [0.2, 0.25) is 0 Å². The van der Waals surface area contributed by atoms with Crippen LogP contribution < -0.4 is 15.4 Å². The Kier molecular flexibility index (Phi) is 4.95. The number of hydrogen-bond acceptors (Lipinski definition) is 6. The predicted octanol–water partition coefficient (Wildman–Crippen LogP) is 2.88. The fraction of sp³-hybridized carbons (Fsp3) is 0.429. The average molecular weight is 276 g/mol. The molecule has 1 unspecified atom stereocenters. The van der Waals surface area contributed by atoms with Crippen LogP contribution in [0.4, 0.5) is 11.7 Å². The number of benzene rings is 1. The van der Waals surface area contributed by atoms with Crippen LogP contribution in [-0.2, 0) is 0 Å². The molecule has 2 rings (SSSR count). The standard InChI is InChI=1S/C14H20N4O2/c1-4-15-10(3)13-17-18-14(20-13)16-11-6-8-12(9-7-11)19-5-2/h6-10,15H,4-5H2,1-3H3,(H,16,18). The van der Waals surface area contributed by atoms with Gasteiger partial charge in [-0.25, -0.2) is 0 Å². The van der Waals surface area contributed by atoms with Crippen molar-refractivity contribution >= 4 is 11.7 Å². The number of aromatic nitrogens is 2. The van der Waals surface area contributed by atoms with Crippen molar-refractivity contribution in [2.75, 3.05) is 18.5 Å². The van der Waals surface area contributed by atoms with E-state index in [0.717, 1.165) is 18.0 Å². The van der Waals surface area contributed by atoms with Crippen LogP contribution in [0.25, 0.3) is 0 Å². The minimum atomic E-state index is 0.0448. The quantitative estimate of drug-likeness (QED) is 0.810. The molecule has 1 aromatic heterocycles. The van der Waals surface area contributed by atoms with E-state index in [2.05, 4.69) is 20.8 Å². The third kappa shape index (κ3) is 3.71. The van der Waals surface area contributed by atoms with Crippen LogP contribution in [0.3, 0.4) is 0 Å². The van der Waals surface area contributed by atoms with E-state index in [-0.39, 0.29) is 6.04 Å². The van der Waals surface area contributed by atoms with Crippen LogP contribution in [0, 0.1) is 0 Å². The van der Waals surface area contributed by atoms with E-state index < -0.39 is 0 Å². The molecule has 0 radical (unpaired) electrons. The summed E-state index contributed by atoms with van der Waals surface area (Å²) < 4.78 is 10.9. The molecule has 1 aromatic carbocycles. The Bertz CT molecular complexity index is 524. The van der Waals surface area contributed by atoms with E-state index in [1.165, 1.54) is 0 Å². The lowest BCUT2D eigenvalue weighted by molar-refractivity contribution is 0.340. The van der Waals surface area contributed by atoms with Crippen LogP contribution in [0.5, 0.6) is 5.75 Å². The summed E-state index contributed by atoms with van der Waals surface area (Å²) in [6, 6.07) is 8.03. The monoisotopic (exact) mass is 276 g/mol. The molecule has 0 bridgehead atoms. The molecule has 2 N–H and O–H groups in total. The molecule has 2 aromatic rings. The lowest BCUT2D eigenvalue weighted by Gasteiger charge is -2.06. The fourth-order valence-corrected chi connectivity index (χ4v) is 1.78. The Balaban J connectivity index is 1.99. The van der Waals surface area contributed by atoms with Gasteiger partial charge in [-0.05, 0) is 44.7 Å². The number of anilines is 2. The van der Waals surface area contributed by atoms with Crippen molar-refractivity contribution in [1.82, 2.24) is 15.5 Å². The first kappa shape index (κ1) is 14.3. The summed E-state index contributed by atoms with van der Waals surface area (Å²) in [4.78, 5) is 0. The topological polar surface area (TPSA) is 72.2 Å². The molecule has 0 saturated heterocycles. The van der Waals surface area contributed by atoms with Crippen molar-refractivity contribution in [1.29, 1.82) is 0 Å². The SMILES string of the molecule is CCNC(C)c1nnc(Nc2ccc(OCC)cc2)o1. The largest absolute Gasteiger partial charge is 0.494 e. The third-order valence-electron chi connectivity index (χ3n) is 2.74. The van der Waals surface area contributed by atoms with Gasteiger partial charge in [0.15, 0.2) is 0 Å². The van der Waals surface area contributed by atoms with Gasteiger partial charge in [-0.2, -0.15) is 0 Å². The Morgan fingerprint density at radius 1 is 1.20 bits per heavy atom. The minimum Gasteiger partial charge on any atom is -0.494 e. The number of hydrogen-bond donors (Lipinski definition) is 2. The second-order valence-electron chi connectivity index (χ2n) is 4.31. The molecule has 1 heterocycles. The highest BCUT2D eigenvalue weighted by molar-refractivity contribution is 5.53. The molecule has 0 amide bonds. The van der Waals surface area contributed by atoms with Crippen molar-refractivity contribution in [3.8, 4) is 5.75 Å². The maximum Gasteiger partial charge on any atom is 0.320 e. The molecule has 0 fully saturated rings. The van der Waals surface area contributed by atoms with Crippen molar-refractivity contribution in [3.05, 3.63) is 30.2 Å². The highest BCUT2D eigenvalue weighted by atomic mass is 16.5. The van der Waals surface area contributed by atoms with Gasteiger partial charge in [0, 0.05) is 5.69 Å². The van der Waals surface area contributed by atoms with Crippen LogP contribution in [-0.4, -0.2) is 23.3 Å². The van der Waals surface area contributed by atoms with Crippen molar-refractivity contribution in [3.63, 3.8) is 0 Å². The molecule has 0 aliphatic heterocycles. The molecule has 6 nitrogen and oxygen atoms in total. The molecular weight excluding hydrogens is 256 g/mol. The lowest BCUT2D eigenvalue weighted by atomic mass is 10.3. The summed E-state index contributed by atoms with van der Waals surface area (Å²) in [6.07, 6.45) is 0. The number of ether oxygens (including phenoxy) is 1. The van der Waals surface area contributed by atoms with Gasteiger partial charge in [0.05, 0.1) is 12.6 Å². The molecular formula is C14H20N4O2. The molecule has 0 aliphatic carbocycles. The summed E-state index contributed by atoms with van der Waals surface area (Å²) in [6.45, 7) is 7.48. The summed E-state index contributed by atoms with van der Waals surface area (Å²) in [5.74, 6) is 1.41. The van der Waals surface area contributed by atoms with Gasteiger partial charge < -0.3 is 19.8 Å². The molecule has 20 heavy (non-hydrogen) atoms. The normalized spacial score (nSPS) is 12.2. The molecule has 0 spiro atoms. The van der Waals surface area contributed by atoms with E-state index in [0.29, 0.717) is 18.5 Å². The Morgan fingerprint density at radius 2 is 1.95 bits per heavy atom. The smallest absolute Gasteiger partial charge is 0.320 e. The van der Waals surface area contributed by atoms with Crippen molar-refractivity contribution < 1.29 is 9.15 Å². The van der Waals surface area contributed by atoms with Gasteiger partial charge in [-0.15, -0.1) is 5.10 Å². The second kappa shape index (κ2) is 6.91.